The Kier molecular flexibility index (Phi) is 6.98. The molecular formula is C26H27N7O. The molecule has 4 N–H and O–H groups in total. The molecule has 1 amide bonds. The quantitative estimate of drug-likeness (QED) is 0.283. The van der Waals surface area contributed by atoms with Crippen molar-refractivity contribution in [1.29, 1.82) is 0 Å². The first-order chi connectivity index (χ1) is 16.5. The molecule has 4 aromatic rings. The van der Waals surface area contributed by atoms with Gasteiger partial charge in [-0.3, -0.25) is 4.79 Å². The van der Waals surface area contributed by atoms with Gasteiger partial charge < -0.3 is 21.3 Å². The number of carbonyl (C=O) groups is 1. The smallest absolute Gasteiger partial charge is 0.246 e. The molecule has 0 aliphatic heterocycles. The van der Waals surface area contributed by atoms with E-state index >= 15 is 0 Å². The second-order valence-electron chi connectivity index (χ2n) is 7.96. The van der Waals surface area contributed by atoms with Gasteiger partial charge in [0.1, 0.15) is 6.04 Å². The van der Waals surface area contributed by atoms with Crippen molar-refractivity contribution in [3.63, 3.8) is 0 Å². The number of amides is 1. The van der Waals surface area contributed by atoms with Gasteiger partial charge in [0.05, 0.1) is 0 Å². The van der Waals surface area contributed by atoms with Gasteiger partial charge in [-0.05, 0) is 62.2 Å². The Hall–Kier alpha value is -4.46. The van der Waals surface area contributed by atoms with Gasteiger partial charge in [0.25, 0.3) is 0 Å². The highest BCUT2D eigenvalue weighted by Crippen LogP contribution is 2.20. The first kappa shape index (κ1) is 22.7. The van der Waals surface area contributed by atoms with Crippen molar-refractivity contribution in [3.8, 4) is 0 Å². The third-order valence-corrected chi connectivity index (χ3v) is 5.09. The maximum atomic E-state index is 12.9. The molecule has 1 heterocycles. The fourth-order valence-corrected chi connectivity index (χ4v) is 3.22. The van der Waals surface area contributed by atoms with Gasteiger partial charge in [-0.15, -0.1) is 0 Å². The number of benzene rings is 3. The molecule has 1 aromatic heterocycles. The molecule has 0 aliphatic rings. The lowest BCUT2D eigenvalue weighted by Gasteiger charge is -2.17. The lowest BCUT2D eigenvalue weighted by atomic mass is 10.1. The Morgan fingerprint density at radius 3 is 1.82 bits per heavy atom. The Morgan fingerprint density at radius 2 is 1.26 bits per heavy atom. The average molecular weight is 454 g/mol. The van der Waals surface area contributed by atoms with Gasteiger partial charge in [0.2, 0.25) is 23.8 Å². The fraction of sp³-hybridized carbons (Fsp3) is 0.154. The molecule has 0 saturated carbocycles. The fourth-order valence-electron chi connectivity index (χ4n) is 3.22. The Bertz CT molecular complexity index is 1200. The summed E-state index contributed by atoms with van der Waals surface area (Å²) in [5, 5.41) is 12.4. The second kappa shape index (κ2) is 10.4. The van der Waals surface area contributed by atoms with Crippen LogP contribution in [0.15, 0.2) is 78.9 Å². The SMILES string of the molecule is Cc1ccc(C)c(NC(=O)[C@H](C)Nc2nc(Nc3ccccc3)nc(Nc3ccccc3)n2)c1. The summed E-state index contributed by atoms with van der Waals surface area (Å²) in [6.07, 6.45) is 0. The standard InChI is InChI=1S/C26H27N7O/c1-17-14-15-18(2)22(16-17)30-23(34)19(3)27-24-31-25(28-20-10-6-4-7-11-20)33-26(32-24)29-21-12-8-5-9-13-21/h4-16,19H,1-3H3,(H,30,34)(H3,27,28,29,31,32,33)/t19-/m0/s1. The predicted molar refractivity (Wildman–Crippen MR) is 137 cm³/mol. The van der Waals surface area contributed by atoms with Crippen LogP contribution in [0.3, 0.4) is 0 Å². The average Bonchev–Trinajstić information content (AvgIpc) is 2.82. The highest BCUT2D eigenvalue weighted by atomic mass is 16.2. The van der Waals surface area contributed by atoms with Gasteiger partial charge in [0.15, 0.2) is 0 Å². The molecule has 8 heteroatoms. The van der Waals surface area contributed by atoms with Crippen molar-refractivity contribution in [1.82, 2.24) is 15.0 Å². The molecule has 4 rings (SSSR count). The van der Waals surface area contributed by atoms with E-state index in [0.29, 0.717) is 11.9 Å². The largest absolute Gasteiger partial charge is 0.342 e. The molecule has 1 atom stereocenters. The van der Waals surface area contributed by atoms with Crippen LogP contribution in [0, 0.1) is 13.8 Å². The number of para-hydroxylation sites is 2. The molecular weight excluding hydrogens is 426 g/mol. The van der Waals surface area contributed by atoms with Gasteiger partial charge in [0, 0.05) is 17.1 Å². The Labute approximate surface area is 198 Å². The van der Waals surface area contributed by atoms with Crippen molar-refractivity contribution in [2.24, 2.45) is 0 Å². The van der Waals surface area contributed by atoms with E-state index in [2.05, 4.69) is 36.2 Å². The number of nitrogens with one attached hydrogen (secondary N) is 4. The molecule has 3 aromatic carbocycles. The van der Waals surface area contributed by atoms with Gasteiger partial charge >= 0.3 is 0 Å². The Balaban J connectivity index is 1.55. The molecule has 0 saturated heterocycles. The number of hydrogen-bond acceptors (Lipinski definition) is 7. The van der Waals surface area contributed by atoms with Crippen LogP contribution in [-0.2, 0) is 4.79 Å². The maximum absolute atomic E-state index is 12.9. The number of nitrogens with zero attached hydrogens (tertiary/aromatic N) is 3. The number of rotatable bonds is 8. The predicted octanol–water partition coefficient (Wildman–Crippen LogP) is 5.41. The summed E-state index contributed by atoms with van der Waals surface area (Å²) < 4.78 is 0. The number of aromatic nitrogens is 3. The molecule has 8 nitrogen and oxygen atoms in total. The number of aryl methyl sites for hydroxylation is 2. The third-order valence-electron chi connectivity index (χ3n) is 5.09. The van der Waals surface area contributed by atoms with E-state index in [9.17, 15) is 4.79 Å². The topological polar surface area (TPSA) is 104 Å². The summed E-state index contributed by atoms with van der Waals surface area (Å²) in [5.74, 6) is 0.785. The van der Waals surface area contributed by atoms with E-state index < -0.39 is 6.04 Å². The zero-order valence-corrected chi connectivity index (χ0v) is 19.3. The van der Waals surface area contributed by atoms with Crippen LogP contribution in [0.5, 0.6) is 0 Å². The first-order valence-corrected chi connectivity index (χ1v) is 11.0. The minimum Gasteiger partial charge on any atom is -0.342 e. The number of carbonyl (C=O) groups excluding carboxylic acids is 1. The van der Waals surface area contributed by atoms with Crippen LogP contribution in [0.1, 0.15) is 18.1 Å². The summed E-state index contributed by atoms with van der Waals surface area (Å²) in [6, 6.07) is 24.6. The van der Waals surface area contributed by atoms with Crippen LogP contribution in [0.25, 0.3) is 0 Å². The van der Waals surface area contributed by atoms with Crippen LogP contribution in [-0.4, -0.2) is 26.9 Å². The first-order valence-electron chi connectivity index (χ1n) is 11.0. The normalized spacial score (nSPS) is 11.4. The minimum atomic E-state index is -0.587. The molecule has 0 spiro atoms. The molecule has 0 aliphatic carbocycles. The molecule has 0 radical (unpaired) electrons. The number of anilines is 6. The van der Waals surface area contributed by atoms with Crippen molar-refractivity contribution in [3.05, 3.63) is 90.0 Å². The van der Waals surface area contributed by atoms with E-state index in [1.54, 1.807) is 6.92 Å². The molecule has 0 bridgehead atoms. The molecule has 34 heavy (non-hydrogen) atoms. The summed E-state index contributed by atoms with van der Waals surface area (Å²) in [4.78, 5) is 26.3. The lowest BCUT2D eigenvalue weighted by molar-refractivity contribution is -0.116. The summed E-state index contributed by atoms with van der Waals surface area (Å²) >= 11 is 0. The second-order valence-corrected chi connectivity index (χ2v) is 7.96. The summed E-state index contributed by atoms with van der Waals surface area (Å²) in [6.45, 7) is 5.71. The van der Waals surface area contributed by atoms with Crippen LogP contribution in [0.4, 0.5) is 34.9 Å². The molecule has 172 valence electrons. The summed E-state index contributed by atoms with van der Waals surface area (Å²) in [7, 11) is 0. The van der Waals surface area contributed by atoms with Crippen molar-refractivity contribution in [2.45, 2.75) is 26.8 Å². The van der Waals surface area contributed by atoms with Crippen LogP contribution in [0.2, 0.25) is 0 Å². The van der Waals surface area contributed by atoms with Crippen LogP contribution < -0.4 is 21.3 Å². The van der Waals surface area contributed by atoms with Crippen molar-refractivity contribution >= 4 is 40.8 Å². The van der Waals surface area contributed by atoms with Crippen molar-refractivity contribution < 1.29 is 4.79 Å². The van der Waals surface area contributed by atoms with E-state index in [1.165, 1.54) is 0 Å². The summed E-state index contributed by atoms with van der Waals surface area (Å²) in [5.41, 5.74) is 4.53. The van der Waals surface area contributed by atoms with Gasteiger partial charge in [-0.2, -0.15) is 15.0 Å². The van der Waals surface area contributed by atoms with E-state index in [4.69, 9.17) is 0 Å². The van der Waals surface area contributed by atoms with Crippen LogP contribution >= 0.6 is 0 Å². The van der Waals surface area contributed by atoms with Gasteiger partial charge in [-0.25, -0.2) is 0 Å². The van der Waals surface area contributed by atoms with E-state index in [0.717, 1.165) is 28.2 Å². The van der Waals surface area contributed by atoms with Crippen molar-refractivity contribution in [2.75, 3.05) is 21.3 Å². The highest BCUT2D eigenvalue weighted by molar-refractivity contribution is 5.96. The van der Waals surface area contributed by atoms with E-state index in [-0.39, 0.29) is 11.9 Å². The minimum absolute atomic E-state index is 0.191. The van der Waals surface area contributed by atoms with E-state index in [1.807, 2.05) is 92.7 Å². The number of hydrogen-bond donors (Lipinski definition) is 4. The maximum Gasteiger partial charge on any atom is 0.246 e. The zero-order chi connectivity index (χ0) is 23.9. The zero-order valence-electron chi connectivity index (χ0n) is 19.3. The lowest BCUT2D eigenvalue weighted by Crippen LogP contribution is -2.33. The van der Waals surface area contributed by atoms with Gasteiger partial charge in [-0.1, -0.05) is 48.5 Å². The molecule has 0 unspecified atom stereocenters. The molecule has 0 fully saturated rings. The third kappa shape index (κ3) is 6.07. The monoisotopic (exact) mass is 453 g/mol. The highest BCUT2D eigenvalue weighted by Gasteiger charge is 2.17. The Morgan fingerprint density at radius 1 is 0.735 bits per heavy atom.